The van der Waals surface area contributed by atoms with Crippen molar-refractivity contribution in [3.05, 3.63) is 54.0 Å². The first-order valence-corrected chi connectivity index (χ1v) is 21.9. The van der Waals surface area contributed by atoms with Gasteiger partial charge in [0.25, 0.3) is 11.8 Å². The maximum atomic E-state index is 15.4. The highest BCUT2D eigenvalue weighted by atomic mass is 19.3. The van der Waals surface area contributed by atoms with Crippen LogP contribution in [0, 0.1) is 11.7 Å². The number of hydrogen-bond acceptors (Lipinski definition) is 13. The number of likely N-dealkylation sites (N-methyl/N-ethyl adjacent to an activating group) is 1. The van der Waals surface area contributed by atoms with E-state index < -0.39 is 24.4 Å². The Morgan fingerprint density at radius 3 is 2.41 bits per heavy atom. The fraction of sp³-hybridized carbons (Fsp3) is 0.545. The smallest absolute Gasteiger partial charge is 0.342 e. The number of piperazine rings is 1. The number of amides is 4. The van der Waals surface area contributed by atoms with Crippen LogP contribution in [0.5, 0.6) is 5.75 Å². The predicted octanol–water partition coefficient (Wildman–Crippen LogP) is 4.54. The molecule has 3 saturated heterocycles. The maximum Gasteiger partial charge on any atom is 0.342 e. The van der Waals surface area contributed by atoms with Crippen molar-refractivity contribution in [2.45, 2.75) is 75.8 Å². The lowest BCUT2D eigenvalue weighted by molar-refractivity contribution is -0.140. The lowest BCUT2D eigenvalue weighted by Gasteiger charge is -2.38. The number of benzene rings is 2. The van der Waals surface area contributed by atoms with Gasteiger partial charge in [-0.3, -0.25) is 34.8 Å². The molecule has 2 aromatic carbocycles. The number of carbonyl (C=O) groups excluding carboxylic acids is 4. The Hall–Kier alpha value is -5.69. The third-order valence-electron chi connectivity index (χ3n) is 13.3. The number of rotatable bonds is 12. The van der Waals surface area contributed by atoms with E-state index in [2.05, 4.69) is 35.8 Å². The van der Waals surface area contributed by atoms with E-state index >= 15 is 13.2 Å². The number of nitrogens with zero attached hydrogens (tertiary/aromatic N) is 8. The van der Waals surface area contributed by atoms with Crippen molar-refractivity contribution < 1.29 is 37.1 Å². The van der Waals surface area contributed by atoms with Gasteiger partial charge in [-0.25, -0.2) is 14.4 Å². The average molecular weight is 876 g/mol. The molecule has 0 spiro atoms. The fourth-order valence-electron chi connectivity index (χ4n) is 9.48. The van der Waals surface area contributed by atoms with Crippen molar-refractivity contribution in [2.75, 3.05) is 98.5 Å². The van der Waals surface area contributed by atoms with Gasteiger partial charge < -0.3 is 29.7 Å². The van der Waals surface area contributed by atoms with Gasteiger partial charge in [-0.05, 0) is 87.4 Å². The lowest BCUT2D eigenvalue weighted by atomic mass is 9.94. The zero-order valence-corrected chi connectivity index (χ0v) is 36.0. The fourth-order valence-corrected chi connectivity index (χ4v) is 9.48. The standard InChI is InChI=1S/C44H56F3N11O5/c1-53(35-12-13-38(59)50-41(35)61)31-9-11-34(32(45)25-31)56-22-20-55(21-23-56)17-14-28-15-18-57(19-16-28)52-40(60)29-8-10-33(37(24-29)63-3)49-43-48-26-36-39(51-43)58(30-6-4-5-7-30)27-44(46,47)42(62)54(36)2/h8-11,24-26,28,30,35H,4-7,12-23,27H2,1-3H3,(H,52,60)(H,48,49,51)(H,50,59,61). The van der Waals surface area contributed by atoms with Crippen LogP contribution in [-0.2, 0) is 14.4 Å². The Balaban J connectivity index is 0.795. The van der Waals surface area contributed by atoms with Crippen LogP contribution in [0.3, 0.4) is 0 Å². The Labute approximate surface area is 365 Å². The molecule has 1 aromatic heterocycles. The van der Waals surface area contributed by atoms with E-state index in [1.54, 1.807) is 41.1 Å². The second-order valence-corrected chi connectivity index (χ2v) is 17.3. The van der Waals surface area contributed by atoms with E-state index in [0.717, 1.165) is 82.6 Å². The summed E-state index contributed by atoms with van der Waals surface area (Å²) in [5, 5.41) is 7.43. The second kappa shape index (κ2) is 18.6. The molecule has 4 fully saturated rings. The van der Waals surface area contributed by atoms with Crippen LogP contribution in [0.2, 0.25) is 0 Å². The number of nitrogens with one attached hydrogen (secondary N) is 3. The van der Waals surface area contributed by atoms with E-state index in [1.807, 2.05) is 11.1 Å². The van der Waals surface area contributed by atoms with Gasteiger partial charge in [0.2, 0.25) is 17.8 Å². The molecule has 1 atom stereocenters. The molecule has 0 bridgehead atoms. The topological polar surface area (TPSA) is 159 Å². The van der Waals surface area contributed by atoms with Gasteiger partial charge in [0.15, 0.2) is 5.82 Å². The third kappa shape index (κ3) is 9.63. The molecule has 5 aliphatic rings. The molecule has 4 amide bonds. The van der Waals surface area contributed by atoms with Crippen molar-refractivity contribution in [3.8, 4) is 5.75 Å². The van der Waals surface area contributed by atoms with E-state index in [0.29, 0.717) is 53.8 Å². The van der Waals surface area contributed by atoms with Gasteiger partial charge in [-0.1, -0.05) is 12.8 Å². The molecule has 1 aliphatic carbocycles. The minimum atomic E-state index is -3.58. The Kier molecular flexibility index (Phi) is 13.0. The van der Waals surface area contributed by atoms with Crippen molar-refractivity contribution in [2.24, 2.45) is 5.92 Å². The summed E-state index contributed by atoms with van der Waals surface area (Å²) in [6.07, 6.45) is 8.25. The summed E-state index contributed by atoms with van der Waals surface area (Å²) in [5.74, 6) is -4.84. The monoisotopic (exact) mass is 875 g/mol. The van der Waals surface area contributed by atoms with Gasteiger partial charge in [-0.15, -0.1) is 0 Å². The SMILES string of the molecule is COc1cc(C(=O)NN2CCC(CCN3CCN(c4ccc(N(C)C5CCC(=O)NC5=O)cc4F)CC3)CC2)ccc1Nc1ncc2c(n1)N(C1CCCC1)CC(F)(F)C(=O)N2C. The molecule has 1 saturated carbocycles. The molecule has 1 unspecified atom stereocenters. The second-order valence-electron chi connectivity index (χ2n) is 17.3. The third-order valence-corrected chi connectivity index (χ3v) is 13.3. The van der Waals surface area contributed by atoms with Crippen LogP contribution in [-0.4, -0.2) is 135 Å². The van der Waals surface area contributed by atoms with Crippen LogP contribution in [0.15, 0.2) is 42.6 Å². The number of imide groups is 1. The van der Waals surface area contributed by atoms with Crippen molar-refractivity contribution >= 4 is 58.1 Å². The van der Waals surface area contributed by atoms with Gasteiger partial charge in [0.05, 0.1) is 31.2 Å². The zero-order chi connectivity index (χ0) is 44.4. The van der Waals surface area contributed by atoms with Gasteiger partial charge in [0.1, 0.15) is 23.3 Å². The van der Waals surface area contributed by atoms with Gasteiger partial charge in [0, 0.05) is 77.1 Å². The Morgan fingerprint density at radius 1 is 0.968 bits per heavy atom. The highest BCUT2D eigenvalue weighted by Crippen LogP contribution is 2.40. The number of halogens is 3. The highest BCUT2D eigenvalue weighted by Gasteiger charge is 2.49. The molecule has 5 heterocycles. The summed E-state index contributed by atoms with van der Waals surface area (Å²) >= 11 is 0. The summed E-state index contributed by atoms with van der Waals surface area (Å²) in [6.45, 7) is 4.69. The van der Waals surface area contributed by atoms with Crippen molar-refractivity contribution in [1.82, 2.24) is 30.6 Å². The van der Waals surface area contributed by atoms with E-state index in [4.69, 9.17) is 4.74 Å². The molecule has 3 N–H and O–H groups in total. The largest absolute Gasteiger partial charge is 0.495 e. The number of hydrazine groups is 1. The average Bonchev–Trinajstić information content (AvgIpc) is 3.81. The number of aromatic nitrogens is 2. The number of methoxy groups -OCH3 is 1. The van der Waals surface area contributed by atoms with E-state index in [-0.39, 0.29) is 53.5 Å². The van der Waals surface area contributed by atoms with E-state index in [9.17, 15) is 19.2 Å². The Bertz CT molecular complexity index is 2190. The van der Waals surface area contributed by atoms with Crippen molar-refractivity contribution in [1.29, 1.82) is 0 Å². The van der Waals surface area contributed by atoms with Crippen molar-refractivity contribution in [3.63, 3.8) is 0 Å². The molecular formula is C44H56F3N11O5. The molecule has 4 aliphatic heterocycles. The van der Waals surface area contributed by atoms with Crippen LogP contribution < -0.4 is 40.4 Å². The quantitative estimate of drug-likeness (QED) is 0.218. The van der Waals surface area contributed by atoms with Gasteiger partial charge in [-0.2, -0.15) is 13.8 Å². The number of piperidine rings is 2. The molecule has 0 radical (unpaired) electrons. The zero-order valence-electron chi connectivity index (χ0n) is 36.0. The first-order valence-electron chi connectivity index (χ1n) is 21.9. The van der Waals surface area contributed by atoms with Crippen LogP contribution >= 0.6 is 0 Å². The molecule has 16 nitrogen and oxygen atoms in total. The summed E-state index contributed by atoms with van der Waals surface area (Å²) in [7, 11) is 4.54. The molecule has 338 valence electrons. The van der Waals surface area contributed by atoms with Gasteiger partial charge >= 0.3 is 5.92 Å². The normalized spacial score (nSPS) is 21.5. The first kappa shape index (κ1) is 43.9. The molecule has 8 rings (SSSR count). The number of anilines is 6. The molecule has 3 aromatic rings. The maximum absolute atomic E-state index is 15.4. The molecular weight excluding hydrogens is 820 g/mol. The summed E-state index contributed by atoms with van der Waals surface area (Å²) in [6, 6.07) is 9.35. The summed E-state index contributed by atoms with van der Waals surface area (Å²) < 4.78 is 51.1. The highest BCUT2D eigenvalue weighted by molar-refractivity contribution is 6.02. The number of hydrogen-bond donors (Lipinski definition) is 3. The lowest BCUT2D eigenvalue weighted by Crippen LogP contribution is -2.51. The summed E-state index contributed by atoms with van der Waals surface area (Å²) in [5.41, 5.74) is 5.26. The van der Waals surface area contributed by atoms with E-state index in [1.165, 1.54) is 26.4 Å². The first-order chi connectivity index (χ1) is 30.3. The molecule has 63 heavy (non-hydrogen) atoms. The minimum absolute atomic E-state index is 0.138. The molecule has 19 heteroatoms. The van der Waals surface area contributed by atoms with Crippen LogP contribution in [0.1, 0.15) is 68.1 Å². The Morgan fingerprint density at radius 2 is 1.71 bits per heavy atom. The van der Waals surface area contributed by atoms with Crippen LogP contribution in [0.4, 0.5) is 47.7 Å². The minimum Gasteiger partial charge on any atom is -0.495 e. The van der Waals surface area contributed by atoms with Crippen LogP contribution in [0.25, 0.3) is 0 Å². The number of ether oxygens (including phenoxy) is 1. The number of alkyl halides is 2. The predicted molar refractivity (Wildman–Crippen MR) is 232 cm³/mol. The number of carbonyl (C=O) groups is 4. The summed E-state index contributed by atoms with van der Waals surface area (Å²) in [4.78, 5) is 67.6. The number of fused-ring (bicyclic) bond motifs is 1.